The highest BCUT2D eigenvalue weighted by atomic mass is 35.5. The quantitative estimate of drug-likeness (QED) is 0.356. The molecule has 0 saturated carbocycles. The van der Waals surface area contributed by atoms with Gasteiger partial charge in [0.05, 0.1) is 23.5 Å². The average molecular weight is 547 g/mol. The Morgan fingerprint density at radius 2 is 2.14 bits per heavy atom. The summed E-state index contributed by atoms with van der Waals surface area (Å²) in [5.74, 6) is 0. The van der Waals surface area contributed by atoms with Crippen LogP contribution in [0.1, 0.15) is 11.7 Å². The summed E-state index contributed by atoms with van der Waals surface area (Å²) in [4.78, 5) is 14.1. The van der Waals surface area contributed by atoms with E-state index in [1.54, 1.807) is 36.4 Å². The van der Waals surface area contributed by atoms with Gasteiger partial charge in [0.1, 0.15) is 46.2 Å². The number of methoxy groups -OCH3 is 1. The molecule has 1 aliphatic heterocycles. The summed E-state index contributed by atoms with van der Waals surface area (Å²) < 4.78 is 13.5. The number of aliphatic hydroxyl groups is 2. The first-order chi connectivity index (χ1) is 17.5. The molecule has 1 saturated heterocycles. The number of aryl methyl sites for hydroxylation is 1. The Labute approximate surface area is 220 Å². The van der Waals surface area contributed by atoms with E-state index >= 15 is 0 Å². The number of nitrogens with zero attached hydrogens (tertiary/aromatic N) is 6. The second-order valence-corrected chi connectivity index (χ2v) is 10.6. The molecular formula is C23H23ClN6O4S2. The molecule has 3 unspecified atom stereocenters. The highest BCUT2D eigenvalue weighted by Crippen LogP contribution is 2.42. The predicted molar refractivity (Wildman–Crippen MR) is 136 cm³/mol. The Hall–Kier alpha value is -2.45. The molecule has 188 valence electrons. The van der Waals surface area contributed by atoms with E-state index in [9.17, 15) is 10.2 Å². The summed E-state index contributed by atoms with van der Waals surface area (Å²) >= 11 is 9.08. The smallest absolute Gasteiger partial charge is 0.145 e. The number of ether oxygens (including phenoxy) is 2. The third kappa shape index (κ3) is 5.02. The minimum absolute atomic E-state index is 0.390. The fourth-order valence-corrected chi connectivity index (χ4v) is 6.32. The van der Waals surface area contributed by atoms with Crippen LogP contribution < -0.4 is 0 Å². The van der Waals surface area contributed by atoms with Crippen molar-refractivity contribution < 1.29 is 19.7 Å². The van der Waals surface area contributed by atoms with Gasteiger partial charge in [0.2, 0.25) is 0 Å². The van der Waals surface area contributed by atoms with E-state index in [2.05, 4.69) is 25.3 Å². The molecule has 0 spiro atoms. The van der Waals surface area contributed by atoms with E-state index in [4.69, 9.17) is 21.1 Å². The average Bonchev–Trinajstić information content (AvgIpc) is 3.54. The molecule has 5 rings (SSSR count). The van der Waals surface area contributed by atoms with Crippen LogP contribution in [-0.4, -0.2) is 77.6 Å². The van der Waals surface area contributed by atoms with E-state index < -0.39 is 29.8 Å². The second kappa shape index (κ2) is 10.9. The van der Waals surface area contributed by atoms with Gasteiger partial charge in [-0.3, -0.25) is 9.97 Å². The van der Waals surface area contributed by atoms with Crippen LogP contribution in [0.3, 0.4) is 0 Å². The molecule has 1 fully saturated rings. The molecule has 5 atom stereocenters. The lowest BCUT2D eigenvalue weighted by Crippen LogP contribution is -2.55. The zero-order valence-electron chi connectivity index (χ0n) is 19.3. The van der Waals surface area contributed by atoms with Gasteiger partial charge in [-0.15, -0.1) is 16.4 Å². The monoisotopic (exact) mass is 546 g/mol. The van der Waals surface area contributed by atoms with Crippen molar-refractivity contribution in [3.05, 3.63) is 59.0 Å². The highest BCUT2D eigenvalue weighted by molar-refractivity contribution is 8.00. The lowest BCUT2D eigenvalue weighted by atomic mass is 9.97. The fourth-order valence-electron chi connectivity index (χ4n) is 4.03. The van der Waals surface area contributed by atoms with Gasteiger partial charge in [-0.25, -0.2) is 9.67 Å². The number of pyridine rings is 2. The van der Waals surface area contributed by atoms with Crippen molar-refractivity contribution in [1.82, 2.24) is 29.9 Å². The molecular weight excluding hydrogens is 524 g/mol. The van der Waals surface area contributed by atoms with Crippen LogP contribution in [-0.2, 0) is 9.47 Å². The molecule has 0 aliphatic carbocycles. The van der Waals surface area contributed by atoms with Gasteiger partial charge in [-0.05, 0) is 25.1 Å². The second-order valence-electron chi connectivity index (χ2n) is 8.12. The zero-order chi connectivity index (χ0) is 25.2. The normalized spacial score (nSPS) is 24.2. The van der Waals surface area contributed by atoms with Gasteiger partial charge in [0.25, 0.3) is 0 Å². The number of thioether (sulfide) groups is 1. The third-order valence-corrected chi connectivity index (χ3v) is 8.09. The van der Waals surface area contributed by atoms with E-state index in [1.165, 1.54) is 23.1 Å². The first kappa shape index (κ1) is 25.2. The predicted octanol–water partition coefficient (Wildman–Crippen LogP) is 3.25. The zero-order valence-corrected chi connectivity index (χ0v) is 21.7. The Kier molecular flexibility index (Phi) is 7.62. The van der Waals surface area contributed by atoms with E-state index in [0.717, 1.165) is 15.6 Å². The molecule has 4 aromatic rings. The van der Waals surface area contributed by atoms with Crippen LogP contribution in [0.5, 0.6) is 0 Å². The van der Waals surface area contributed by atoms with E-state index in [-0.39, 0.29) is 6.61 Å². The lowest BCUT2D eigenvalue weighted by Gasteiger charge is -2.43. The van der Waals surface area contributed by atoms with Gasteiger partial charge in [-0.1, -0.05) is 34.6 Å². The molecule has 0 radical (unpaired) electrons. The number of rotatable bonds is 7. The molecule has 0 amide bonds. The van der Waals surface area contributed by atoms with Crippen LogP contribution in [0.15, 0.2) is 53.1 Å². The minimum atomic E-state index is -1.10. The van der Waals surface area contributed by atoms with Crippen molar-refractivity contribution in [2.75, 3.05) is 13.7 Å². The van der Waals surface area contributed by atoms with Crippen LogP contribution in [0.4, 0.5) is 0 Å². The molecule has 4 aromatic heterocycles. The van der Waals surface area contributed by atoms with Gasteiger partial charge in [0.15, 0.2) is 0 Å². The van der Waals surface area contributed by atoms with Crippen LogP contribution >= 0.6 is 34.7 Å². The number of aromatic nitrogens is 6. The maximum atomic E-state index is 11.1. The van der Waals surface area contributed by atoms with Gasteiger partial charge < -0.3 is 19.7 Å². The number of hydrogen-bond donors (Lipinski definition) is 2. The number of halogens is 1. The number of hydrogen-bond acceptors (Lipinski definition) is 11. The first-order valence-corrected chi connectivity index (χ1v) is 13.2. The SMILES string of the molecule is COC1C(n2cc(-c3nc(C)cs3)nn2)[C@@H](O)C(CO)O[C@@H]1Sc1cc(Cl)cnc1-c1ccccn1. The molecule has 13 heteroatoms. The summed E-state index contributed by atoms with van der Waals surface area (Å²) in [6.07, 6.45) is 2.34. The van der Waals surface area contributed by atoms with Gasteiger partial charge in [-0.2, -0.15) is 0 Å². The highest BCUT2D eigenvalue weighted by Gasteiger charge is 2.47. The van der Waals surface area contributed by atoms with E-state index in [1.807, 2.05) is 30.5 Å². The van der Waals surface area contributed by atoms with Crippen LogP contribution in [0.2, 0.25) is 5.02 Å². The summed E-state index contributed by atoms with van der Waals surface area (Å²) in [7, 11) is 1.54. The fraction of sp³-hybridized carbons (Fsp3) is 0.348. The topological polar surface area (TPSA) is 128 Å². The molecule has 36 heavy (non-hydrogen) atoms. The largest absolute Gasteiger partial charge is 0.394 e. The van der Waals surface area contributed by atoms with Crippen LogP contribution in [0.25, 0.3) is 22.1 Å². The Balaban J connectivity index is 1.49. The van der Waals surface area contributed by atoms with Crippen molar-refractivity contribution in [3.63, 3.8) is 0 Å². The minimum Gasteiger partial charge on any atom is -0.394 e. The molecule has 0 bridgehead atoms. The van der Waals surface area contributed by atoms with Gasteiger partial charge in [0, 0.05) is 35.5 Å². The van der Waals surface area contributed by atoms with Crippen molar-refractivity contribution in [1.29, 1.82) is 0 Å². The number of thiazole rings is 1. The first-order valence-electron chi connectivity index (χ1n) is 11.0. The van der Waals surface area contributed by atoms with Crippen LogP contribution in [0, 0.1) is 6.92 Å². The standard InChI is InChI=1S/C23H23ClN6O4S2/c1-12-11-35-22(27-12)15-9-30(29-28-15)19-20(32)16(10-31)34-23(21(19)33-2)36-17-7-13(24)8-26-18(17)14-5-3-4-6-25-14/h3-9,11,16,19-21,23,31-32H,10H2,1-2H3/t16?,19?,20-,21?,23+/m0/s1. The summed E-state index contributed by atoms with van der Waals surface area (Å²) in [5.41, 5.74) is 2.15. The molecule has 1 aliphatic rings. The Bertz CT molecular complexity index is 1320. The third-order valence-electron chi connectivity index (χ3n) is 5.72. The summed E-state index contributed by atoms with van der Waals surface area (Å²) in [6.45, 7) is 1.52. The van der Waals surface area contributed by atoms with Crippen molar-refractivity contribution in [2.45, 2.75) is 41.6 Å². The number of aliphatic hydroxyl groups excluding tert-OH is 2. The Morgan fingerprint density at radius 3 is 2.83 bits per heavy atom. The Morgan fingerprint density at radius 1 is 1.28 bits per heavy atom. The van der Waals surface area contributed by atoms with E-state index in [0.29, 0.717) is 22.1 Å². The van der Waals surface area contributed by atoms with Crippen molar-refractivity contribution in [2.24, 2.45) is 0 Å². The molecule has 5 heterocycles. The lowest BCUT2D eigenvalue weighted by molar-refractivity contribution is -0.186. The van der Waals surface area contributed by atoms with Crippen molar-refractivity contribution >= 4 is 34.7 Å². The molecule has 2 N–H and O–H groups in total. The maximum Gasteiger partial charge on any atom is 0.145 e. The maximum absolute atomic E-state index is 11.1. The summed E-state index contributed by atoms with van der Waals surface area (Å²) in [6, 6.07) is 6.66. The molecule has 10 nitrogen and oxygen atoms in total. The summed E-state index contributed by atoms with van der Waals surface area (Å²) in [5, 5.41) is 32.7. The molecule has 0 aromatic carbocycles. The van der Waals surface area contributed by atoms with Crippen molar-refractivity contribution in [3.8, 4) is 22.1 Å². The van der Waals surface area contributed by atoms with Gasteiger partial charge >= 0.3 is 0 Å².